The summed E-state index contributed by atoms with van der Waals surface area (Å²) in [5.41, 5.74) is 1.11. The number of nitrogens with zero attached hydrogens (tertiary/aromatic N) is 3. The zero-order chi connectivity index (χ0) is 12.4. The third kappa shape index (κ3) is 2.76. The van der Waals surface area contributed by atoms with Crippen LogP contribution in [0.2, 0.25) is 0 Å². The van der Waals surface area contributed by atoms with Crippen LogP contribution in [0.15, 0.2) is 12.4 Å². The van der Waals surface area contributed by atoms with Crippen LogP contribution >= 0.6 is 0 Å². The molecular weight excluding hydrogens is 220 g/mol. The fourth-order valence-electron chi connectivity index (χ4n) is 2.45. The molecule has 0 radical (unpaired) electrons. The van der Waals surface area contributed by atoms with Crippen molar-refractivity contribution in [2.45, 2.75) is 18.4 Å². The van der Waals surface area contributed by atoms with Crippen LogP contribution in [0.4, 0.5) is 4.79 Å². The van der Waals surface area contributed by atoms with Crippen molar-refractivity contribution in [3.63, 3.8) is 0 Å². The number of piperidine rings is 1. The third-order valence-corrected chi connectivity index (χ3v) is 3.28. The SMILES string of the molecule is CN1CC[C@H](c2cnn(C)c2)[C@@H](NC(=O)O)C1. The number of likely N-dealkylation sites (tertiary alicyclic amines) is 1. The van der Waals surface area contributed by atoms with E-state index >= 15 is 0 Å². The normalized spacial score (nSPS) is 25.8. The topological polar surface area (TPSA) is 70.4 Å². The van der Waals surface area contributed by atoms with Crippen LogP contribution in [0.25, 0.3) is 0 Å². The van der Waals surface area contributed by atoms with Gasteiger partial charge in [0.25, 0.3) is 0 Å². The second-order valence-corrected chi connectivity index (χ2v) is 4.66. The monoisotopic (exact) mass is 238 g/mol. The van der Waals surface area contributed by atoms with E-state index < -0.39 is 6.09 Å². The van der Waals surface area contributed by atoms with Crippen LogP contribution in [0.1, 0.15) is 17.9 Å². The van der Waals surface area contributed by atoms with Gasteiger partial charge in [0.05, 0.1) is 12.2 Å². The Labute approximate surface area is 100 Å². The number of carbonyl (C=O) groups is 1. The van der Waals surface area contributed by atoms with Crippen LogP contribution in [0, 0.1) is 0 Å². The van der Waals surface area contributed by atoms with Crippen LogP contribution in [-0.4, -0.2) is 52.1 Å². The molecule has 2 N–H and O–H groups in total. The van der Waals surface area contributed by atoms with Crippen LogP contribution < -0.4 is 5.32 Å². The number of nitrogens with one attached hydrogen (secondary N) is 1. The summed E-state index contributed by atoms with van der Waals surface area (Å²) in [7, 11) is 3.88. The maximum absolute atomic E-state index is 10.8. The van der Waals surface area contributed by atoms with E-state index in [0.717, 1.165) is 25.1 Å². The maximum atomic E-state index is 10.8. The van der Waals surface area contributed by atoms with Gasteiger partial charge in [0.2, 0.25) is 0 Å². The van der Waals surface area contributed by atoms with Gasteiger partial charge in [0.1, 0.15) is 0 Å². The molecule has 1 aromatic rings. The number of rotatable bonds is 2. The number of likely N-dealkylation sites (N-methyl/N-ethyl adjacent to an activating group) is 1. The Kier molecular flexibility index (Phi) is 3.33. The lowest BCUT2D eigenvalue weighted by Gasteiger charge is -2.36. The van der Waals surface area contributed by atoms with E-state index in [1.54, 1.807) is 4.68 Å². The summed E-state index contributed by atoms with van der Waals surface area (Å²) < 4.78 is 1.76. The first-order valence-corrected chi connectivity index (χ1v) is 5.73. The van der Waals surface area contributed by atoms with E-state index in [1.165, 1.54) is 0 Å². The zero-order valence-corrected chi connectivity index (χ0v) is 10.1. The summed E-state index contributed by atoms with van der Waals surface area (Å²) in [5, 5.41) is 15.6. The van der Waals surface area contributed by atoms with Crippen molar-refractivity contribution in [3.05, 3.63) is 18.0 Å². The molecule has 6 nitrogen and oxygen atoms in total. The van der Waals surface area contributed by atoms with Gasteiger partial charge in [-0.3, -0.25) is 4.68 Å². The molecule has 2 atom stereocenters. The highest BCUT2D eigenvalue weighted by molar-refractivity contribution is 5.65. The summed E-state index contributed by atoms with van der Waals surface area (Å²) in [5.74, 6) is 0.219. The molecule has 1 aliphatic heterocycles. The fourth-order valence-corrected chi connectivity index (χ4v) is 2.45. The minimum atomic E-state index is -0.959. The minimum absolute atomic E-state index is 0.0598. The van der Waals surface area contributed by atoms with Gasteiger partial charge in [-0.05, 0) is 25.6 Å². The van der Waals surface area contributed by atoms with Crippen molar-refractivity contribution < 1.29 is 9.90 Å². The molecule has 0 aliphatic carbocycles. The lowest BCUT2D eigenvalue weighted by molar-refractivity contribution is 0.165. The van der Waals surface area contributed by atoms with E-state index in [-0.39, 0.29) is 12.0 Å². The molecule has 1 saturated heterocycles. The minimum Gasteiger partial charge on any atom is -0.465 e. The lowest BCUT2D eigenvalue weighted by Crippen LogP contribution is -2.50. The summed E-state index contributed by atoms with van der Waals surface area (Å²) >= 11 is 0. The van der Waals surface area contributed by atoms with E-state index in [2.05, 4.69) is 15.3 Å². The maximum Gasteiger partial charge on any atom is 0.404 e. The predicted octanol–water partition coefficient (Wildman–Crippen LogP) is 0.475. The highest BCUT2D eigenvalue weighted by Gasteiger charge is 2.30. The van der Waals surface area contributed by atoms with Crippen molar-refractivity contribution in [2.75, 3.05) is 20.1 Å². The molecule has 1 aromatic heterocycles. The Morgan fingerprint density at radius 1 is 1.59 bits per heavy atom. The summed E-state index contributed by atoms with van der Waals surface area (Å²) in [6.07, 6.45) is 3.78. The quantitative estimate of drug-likeness (QED) is 0.786. The van der Waals surface area contributed by atoms with Gasteiger partial charge < -0.3 is 15.3 Å². The largest absolute Gasteiger partial charge is 0.465 e. The van der Waals surface area contributed by atoms with Gasteiger partial charge in [-0.1, -0.05) is 0 Å². The molecule has 1 aliphatic rings. The van der Waals surface area contributed by atoms with Gasteiger partial charge in [-0.2, -0.15) is 5.10 Å². The number of carboxylic acid groups (broad SMARTS) is 1. The van der Waals surface area contributed by atoms with Crippen molar-refractivity contribution in [1.29, 1.82) is 0 Å². The van der Waals surface area contributed by atoms with Gasteiger partial charge in [0.15, 0.2) is 0 Å². The average molecular weight is 238 g/mol. The molecule has 17 heavy (non-hydrogen) atoms. The second-order valence-electron chi connectivity index (χ2n) is 4.66. The Balaban J connectivity index is 2.15. The first kappa shape index (κ1) is 11.9. The third-order valence-electron chi connectivity index (χ3n) is 3.28. The molecular formula is C11H18N4O2. The smallest absolute Gasteiger partial charge is 0.404 e. The Morgan fingerprint density at radius 3 is 2.94 bits per heavy atom. The van der Waals surface area contributed by atoms with Crippen molar-refractivity contribution in [2.24, 2.45) is 7.05 Å². The highest BCUT2D eigenvalue weighted by Crippen LogP contribution is 2.27. The predicted molar refractivity (Wildman–Crippen MR) is 63.0 cm³/mol. The molecule has 1 amide bonds. The van der Waals surface area contributed by atoms with Crippen LogP contribution in [0.5, 0.6) is 0 Å². The Hall–Kier alpha value is -1.56. The fraction of sp³-hybridized carbons (Fsp3) is 0.636. The van der Waals surface area contributed by atoms with Gasteiger partial charge in [-0.15, -0.1) is 0 Å². The van der Waals surface area contributed by atoms with Gasteiger partial charge >= 0.3 is 6.09 Å². The number of aromatic nitrogens is 2. The summed E-state index contributed by atoms with van der Waals surface area (Å²) in [6.45, 7) is 1.73. The summed E-state index contributed by atoms with van der Waals surface area (Å²) in [4.78, 5) is 13.0. The zero-order valence-electron chi connectivity index (χ0n) is 10.1. The second kappa shape index (κ2) is 4.75. The molecule has 6 heteroatoms. The Morgan fingerprint density at radius 2 is 2.35 bits per heavy atom. The van der Waals surface area contributed by atoms with E-state index in [4.69, 9.17) is 5.11 Å². The van der Waals surface area contributed by atoms with Gasteiger partial charge in [-0.25, -0.2) is 4.79 Å². The molecule has 0 spiro atoms. The molecule has 0 bridgehead atoms. The van der Waals surface area contributed by atoms with Gasteiger partial charge in [0, 0.05) is 25.7 Å². The molecule has 2 heterocycles. The van der Waals surface area contributed by atoms with E-state index in [1.807, 2.05) is 26.5 Å². The number of amides is 1. The van der Waals surface area contributed by atoms with Crippen molar-refractivity contribution >= 4 is 6.09 Å². The van der Waals surface area contributed by atoms with E-state index in [0.29, 0.717) is 0 Å². The number of hydrogen-bond donors (Lipinski definition) is 2. The van der Waals surface area contributed by atoms with Crippen LogP contribution in [0.3, 0.4) is 0 Å². The molecule has 0 aromatic carbocycles. The molecule has 0 saturated carbocycles. The number of aryl methyl sites for hydroxylation is 1. The molecule has 94 valence electrons. The molecule has 1 fully saturated rings. The standard InChI is InChI=1S/C11H18N4O2/c1-14-4-3-9(8-5-12-15(2)6-8)10(7-14)13-11(16)17/h5-6,9-10,13H,3-4,7H2,1-2H3,(H,16,17)/t9-,10+/m1/s1. The summed E-state index contributed by atoms with van der Waals surface area (Å²) in [6, 6.07) is -0.0598. The lowest BCUT2D eigenvalue weighted by atomic mass is 9.87. The average Bonchev–Trinajstić information content (AvgIpc) is 2.64. The number of hydrogen-bond acceptors (Lipinski definition) is 3. The molecule has 2 rings (SSSR count). The first-order valence-electron chi connectivity index (χ1n) is 5.73. The Bertz CT molecular complexity index is 404. The molecule has 0 unspecified atom stereocenters. The van der Waals surface area contributed by atoms with Crippen LogP contribution in [-0.2, 0) is 7.05 Å². The highest BCUT2D eigenvalue weighted by atomic mass is 16.4. The van der Waals surface area contributed by atoms with Crippen molar-refractivity contribution in [1.82, 2.24) is 20.0 Å². The first-order chi connectivity index (χ1) is 8.06. The van der Waals surface area contributed by atoms with E-state index in [9.17, 15) is 4.79 Å². The van der Waals surface area contributed by atoms with Crippen molar-refractivity contribution in [3.8, 4) is 0 Å².